The third-order valence-corrected chi connectivity index (χ3v) is 3.86. The first-order valence-corrected chi connectivity index (χ1v) is 7.01. The summed E-state index contributed by atoms with van der Waals surface area (Å²) >= 11 is 0. The van der Waals surface area contributed by atoms with Gasteiger partial charge in [0.1, 0.15) is 10.7 Å². The van der Waals surface area contributed by atoms with Crippen molar-refractivity contribution in [1.82, 2.24) is 4.98 Å². The van der Waals surface area contributed by atoms with E-state index in [1.807, 2.05) is 0 Å². The summed E-state index contributed by atoms with van der Waals surface area (Å²) < 4.78 is 26.6. The maximum atomic E-state index is 12.1. The van der Waals surface area contributed by atoms with Gasteiger partial charge in [-0.15, -0.1) is 0 Å². The quantitative estimate of drug-likeness (QED) is 0.758. The molecule has 0 radical (unpaired) electrons. The van der Waals surface area contributed by atoms with Gasteiger partial charge in [0.15, 0.2) is 0 Å². The average molecular weight is 292 g/mol. The number of nitrogen functional groups attached to an aromatic ring is 1. The van der Waals surface area contributed by atoms with Crippen LogP contribution in [0.5, 0.6) is 0 Å². The number of benzene rings is 1. The number of aromatic nitrogens is 1. The fraction of sp³-hybridized carbons (Fsp3) is 0. The normalized spacial score (nSPS) is 11.0. The predicted octanol–water partition coefficient (Wildman–Crippen LogP) is 0.563. The average Bonchev–Trinajstić information content (AvgIpc) is 2.39. The maximum Gasteiger partial charge on any atom is 0.263 e. The minimum atomic E-state index is -3.86. The van der Waals surface area contributed by atoms with E-state index < -0.39 is 15.9 Å². The molecule has 0 saturated carbocycles. The number of primary amides is 1. The van der Waals surface area contributed by atoms with Crippen molar-refractivity contribution in [2.75, 3.05) is 10.5 Å². The molecule has 2 aromatic rings. The Kier molecular flexibility index (Phi) is 3.57. The first-order chi connectivity index (χ1) is 9.40. The Morgan fingerprint density at radius 3 is 2.45 bits per heavy atom. The third kappa shape index (κ3) is 2.86. The molecule has 0 atom stereocenters. The summed E-state index contributed by atoms with van der Waals surface area (Å²) in [7, 11) is -3.86. The van der Waals surface area contributed by atoms with E-state index in [-0.39, 0.29) is 22.0 Å². The molecule has 0 fully saturated rings. The molecule has 0 aliphatic carbocycles. The van der Waals surface area contributed by atoms with Crippen molar-refractivity contribution in [2.45, 2.75) is 4.90 Å². The first kappa shape index (κ1) is 13.8. The maximum absolute atomic E-state index is 12.1. The number of carbonyl (C=O) groups excluding carboxylic acids is 1. The van der Waals surface area contributed by atoms with Gasteiger partial charge < -0.3 is 11.5 Å². The lowest BCUT2D eigenvalue weighted by Crippen LogP contribution is -2.18. The number of nitrogens with two attached hydrogens (primary N) is 2. The SMILES string of the molecule is NC(=O)c1ccccc1NS(=O)(=O)c1ccc(N)nc1. The summed E-state index contributed by atoms with van der Waals surface area (Å²) in [5.41, 5.74) is 10.8. The van der Waals surface area contributed by atoms with Crippen molar-refractivity contribution in [3.63, 3.8) is 0 Å². The zero-order valence-corrected chi connectivity index (χ0v) is 11.1. The minimum Gasteiger partial charge on any atom is -0.384 e. The lowest BCUT2D eigenvalue weighted by Gasteiger charge is -2.10. The Morgan fingerprint density at radius 2 is 1.85 bits per heavy atom. The molecule has 104 valence electrons. The molecule has 1 aromatic heterocycles. The van der Waals surface area contributed by atoms with E-state index in [4.69, 9.17) is 11.5 Å². The molecule has 7 nitrogen and oxygen atoms in total. The van der Waals surface area contributed by atoms with Gasteiger partial charge >= 0.3 is 0 Å². The van der Waals surface area contributed by atoms with Crippen molar-refractivity contribution >= 4 is 27.4 Å². The van der Waals surface area contributed by atoms with Crippen molar-refractivity contribution in [1.29, 1.82) is 0 Å². The molecule has 1 heterocycles. The van der Waals surface area contributed by atoms with E-state index in [0.717, 1.165) is 6.20 Å². The van der Waals surface area contributed by atoms with Crippen LogP contribution in [0.25, 0.3) is 0 Å². The van der Waals surface area contributed by atoms with Crippen LogP contribution in [0.4, 0.5) is 11.5 Å². The highest BCUT2D eigenvalue weighted by Gasteiger charge is 2.17. The fourth-order valence-corrected chi connectivity index (χ4v) is 2.57. The fourth-order valence-electron chi connectivity index (χ4n) is 1.54. The van der Waals surface area contributed by atoms with Gasteiger partial charge in [-0.1, -0.05) is 12.1 Å². The Labute approximate surface area is 115 Å². The molecule has 2 rings (SSSR count). The Morgan fingerprint density at radius 1 is 1.15 bits per heavy atom. The summed E-state index contributed by atoms with van der Waals surface area (Å²) in [5.74, 6) is -0.514. The van der Waals surface area contributed by atoms with Crippen LogP contribution in [0.3, 0.4) is 0 Å². The molecular formula is C12H12N4O3S. The van der Waals surface area contributed by atoms with Crippen molar-refractivity contribution in [3.8, 4) is 0 Å². The number of hydrogen-bond donors (Lipinski definition) is 3. The van der Waals surface area contributed by atoms with Crippen molar-refractivity contribution in [3.05, 3.63) is 48.2 Å². The van der Waals surface area contributed by atoms with Gasteiger partial charge in [-0.3, -0.25) is 9.52 Å². The smallest absolute Gasteiger partial charge is 0.263 e. The second-order valence-corrected chi connectivity index (χ2v) is 5.62. The van der Waals surface area contributed by atoms with Gasteiger partial charge in [-0.05, 0) is 24.3 Å². The zero-order valence-electron chi connectivity index (χ0n) is 10.3. The number of nitrogens with zero attached hydrogens (tertiary/aromatic N) is 1. The Bertz CT molecular complexity index is 742. The molecule has 1 aromatic carbocycles. The predicted molar refractivity (Wildman–Crippen MR) is 74.4 cm³/mol. The molecule has 1 amide bonds. The van der Waals surface area contributed by atoms with Gasteiger partial charge in [-0.2, -0.15) is 0 Å². The highest BCUT2D eigenvalue weighted by Crippen LogP contribution is 2.19. The second-order valence-electron chi connectivity index (χ2n) is 3.93. The second kappa shape index (κ2) is 5.17. The largest absolute Gasteiger partial charge is 0.384 e. The van der Waals surface area contributed by atoms with E-state index in [1.54, 1.807) is 12.1 Å². The number of pyridine rings is 1. The van der Waals surface area contributed by atoms with Crippen molar-refractivity contribution in [2.24, 2.45) is 5.73 Å². The van der Waals surface area contributed by atoms with E-state index in [9.17, 15) is 13.2 Å². The molecule has 0 aliphatic heterocycles. The third-order valence-electron chi connectivity index (χ3n) is 2.51. The Balaban J connectivity index is 2.38. The number of sulfonamides is 1. The van der Waals surface area contributed by atoms with Gasteiger partial charge in [0.25, 0.3) is 15.9 Å². The zero-order chi connectivity index (χ0) is 14.8. The number of amides is 1. The molecule has 0 spiro atoms. The van der Waals surface area contributed by atoms with Crippen LogP contribution < -0.4 is 16.2 Å². The minimum absolute atomic E-state index is 0.0639. The number of rotatable bonds is 4. The van der Waals surface area contributed by atoms with Crippen LogP contribution in [0, 0.1) is 0 Å². The highest BCUT2D eigenvalue weighted by molar-refractivity contribution is 7.92. The number of para-hydroxylation sites is 1. The van der Waals surface area contributed by atoms with Crippen LogP contribution in [0.2, 0.25) is 0 Å². The van der Waals surface area contributed by atoms with Crippen LogP contribution in [0.15, 0.2) is 47.5 Å². The summed E-state index contributed by atoms with van der Waals surface area (Å²) in [6.45, 7) is 0. The highest BCUT2D eigenvalue weighted by atomic mass is 32.2. The summed E-state index contributed by atoms with van der Waals surface area (Å²) in [6.07, 6.45) is 1.13. The van der Waals surface area contributed by atoms with Crippen LogP contribution in [-0.4, -0.2) is 19.3 Å². The van der Waals surface area contributed by atoms with Crippen molar-refractivity contribution < 1.29 is 13.2 Å². The molecule has 5 N–H and O–H groups in total. The van der Waals surface area contributed by atoms with Gasteiger partial charge in [0.05, 0.1) is 11.3 Å². The van der Waals surface area contributed by atoms with Gasteiger partial charge in [0.2, 0.25) is 0 Å². The molecule has 0 unspecified atom stereocenters. The monoisotopic (exact) mass is 292 g/mol. The topological polar surface area (TPSA) is 128 Å². The lowest BCUT2D eigenvalue weighted by atomic mass is 10.2. The van der Waals surface area contributed by atoms with E-state index >= 15 is 0 Å². The molecule has 0 saturated heterocycles. The summed E-state index contributed by atoms with van der Waals surface area (Å²) in [4.78, 5) is 14.9. The molecule has 20 heavy (non-hydrogen) atoms. The van der Waals surface area contributed by atoms with Crippen LogP contribution >= 0.6 is 0 Å². The van der Waals surface area contributed by atoms with Crippen LogP contribution in [0.1, 0.15) is 10.4 Å². The first-order valence-electron chi connectivity index (χ1n) is 5.53. The number of nitrogens with one attached hydrogen (secondary N) is 1. The molecule has 0 aliphatic rings. The molecular weight excluding hydrogens is 280 g/mol. The number of hydrogen-bond acceptors (Lipinski definition) is 5. The van der Waals surface area contributed by atoms with E-state index in [0.29, 0.717) is 0 Å². The van der Waals surface area contributed by atoms with E-state index in [1.165, 1.54) is 24.3 Å². The summed E-state index contributed by atoms with van der Waals surface area (Å²) in [5, 5.41) is 0. The standard InChI is InChI=1S/C12H12N4O3S/c13-11-6-5-8(7-15-11)20(18,19)16-10-4-2-1-3-9(10)12(14)17/h1-7,16H,(H2,13,15)(H2,14,17). The molecule has 0 bridgehead atoms. The number of carbonyl (C=O) groups is 1. The van der Waals surface area contributed by atoms with Gasteiger partial charge in [0, 0.05) is 6.20 Å². The molecule has 8 heteroatoms. The van der Waals surface area contributed by atoms with Gasteiger partial charge in [-0.25, -0.2) is 13.4 Å². The Hall–Kier alpha value is -2.61. The van der Waals surface area contributed by atoms with E-state index in [2.05, 4.69) is 9.71 Å². The number of anilines is 2. The summed E-state index contributed by atoms with van der Waals surface area (Å²) in [6, 6.07) is 8.74. The van der Waals surface area contributed by atoms with Crippen LogP contribution in [-0.2, 0) is 10.0 Å². The lowest BCUT2D eigenvalue weighted by molar-refractivity contribution is 0.100.